The Balaban J connectivity index is 2.70. The van der Waals surface area contributed by atoms with Crippen molar-refractivity contribution in [2.75, 3.05) is 0 Å². The summed E-state index contributed by atoms with van der Waals surface area (Å²) in [5.74, 6) is 0.787. The molecule has 0 amide bonds. The first-order valence-electron chi connectivity index (χ1n) is 4.80. The average molecular weight is 189 g/mol. The summed E-state index contributed by atoms with van der Waals surface area (Å²) >= 11 is 0. The summed E-state index contributed by atoms with van der Waals surface area (Å²) in [5.41, 5.74) is 2.31. The van der Waals surface area contributed by atoms with E-state index in [1.54, 1.807) is 0 Å². The number of imidazole rings is 1. The molecule has 0 saturated heterocycles. The summed E-state index contributed by atoms with van der Waals surface area (Å²) in [6.45, 7) is 8.51. The van der Waals surface area contributed by atoms with Gasteiger partial charge in [0.25, 0.3) is 0 Å². The minimum Gasteiger partial charge on any atom is -0.288 e. The predicted octanol–water partition coefficient (Wildman–Crippen LogP) is 2.34. The molecule has 0 N–H and O–H groups in total. The van der Waals surface area contributed by atoms with Gasteiger partial charge in [-0.25, -0.2) is 9.97 Å². The fraction of sp³-hybridized carbons (Fsp3) is 0.455. The molecule has 14 heavy (non-hydrogen) atoms. The van der Waals surface area contributed by atoms with Crippen LogP contribution in [0.5, 0.6) is 0 Å². The number of hydrogen-bond donors (Lipinski definition) is 0. The first-order valence-corrected chi connectivity index (χ1v) is 4.80. The Bertz CT molecular complexity index is 463. The molecule has 3 nitrogen and oxygen atoms in total. The molecule has 3 heteroatoms. The zero-order valence-electron chi connectivity index (χ0n) is 9.07. The van der Waals surface area contributed by atoms with Crippen LogP contribution in [0.2, 0.25) is 0 Å². The Morgan fingerprint density at radius 3 is 2.64 bits per heavy atom. The van der Waals surface area contributed by atoms with Crippen LogP contribution >= 0.6 is 0 Å². The van der Waals surface area contributed by atoms with Gasteiger partial charge in [-0.15, -0.1) is 0 Å². The van der Waals surface area contributed by atoms with E-state index < -0.39 is 0 Å². The van der Waals surface area contributed by atoms with E-state index in [0.29, 0.717) is 0 Å². The van der Waals surface area contributed by atoms with Crippen LogP contribution in [0, 0.1) is 6.92 Å². The number of fused-ring (bicyclic) bond motifs is 1. The number of nitrogens with zero attached hydrogens (tertiary/aromatic N) is 3. The zero-order chi connectivity index (χ0) is 10.3. The molecular weight excluding hydrogens is 174 g/mol. The second kappa shape index (κ2) is 2.80. The van der Waals surface area contributed by atoms with Crippen molar-refractivity contribution in [3.05, 3.63) is 29.8 Å². The van der Waals surface area contributed by atoms with Crippen molar-refractivity contribution in [3.8, 4) is 0 Å². The van der Waals surface area contributed by atoms with Gasteiger partial charge in [-0.1, -0.05) is 20.8 Å². The van der Waals surface area contributed by atoms with Gasteiger partial charge in [-0.3, -0.25) is 4.40 Å². The third kappa shape index (κ3) is 1.39. The van der Waals surface area contributed by atoms with Crippen molar-refractivity contribution in [2.45, 2.75) is 33.1 Å². The van der Waals surface area contributed by atoms with Crippen molar-refractivity contribution in [2.24, 2.45) is 0 Å². The molecule has 0 unspecified atom stereocenters. The Kier molecular flexibility index (Phi) is 1.84. The van der Waals surface area contributed by atoms with Crippen molar-refractivity contribution in [1.29, 1.82) is 0 Å². The Morgan fingerprint density at radius 2 is 2.00 bits per heavy atom. The highest BCUT2D eigenvalue weighted by Gasteiger charge is 2.18. The Morgan fingerprint density at radius 1 is 1.29 bits per heavy atom. The van der Waals surface area contributed by atoms with E-state index in [0.717, 1.165) is 11.5 Å². The van der Waals surface area contributed by atoms with Crippen LogP contribution in [0.15, 0.2) is 18.5 Å². The number of aromatic nitrogens is 3. The van der Waals surface area contributed by atoms with E-state index in [-0.39, 0.29) is 5.41 Å². The summed E-state index contributed by atoms with van der Waals surface area (Å²) in [5, 5.41) is 0. The van der Waals surface area contributed by atoms with Gasteiger partial charge >= 0.3 is 0 Å². The summed E-state index contributed by atoms with van der Waals surface area (Å²) < 4.78 is 2.05. The topological polar surface area (TPSA) is 30.2 Å². The molecular formula is C11H15N3. The van der Waals surface area contributed by atoms with Crippen molar-refractivity contribution in [1.82, 2.24) is 14.4 Å². The van der Waals surface area contributed by atoms with Gasteiger partial charge in [-0.2, -0.15) is 0 Å². The number of hydrogen-bond acceptors (Lipinski definition) is 2. The van der Waals surface area contributed by atoms with E-state index >= 15 is 0 Å². The van der Waals surface area contributed by atoms with Crippen LogP contribution in [-0.2, 0) is 5.41 Å². The van der Waals surface area contributed by atoms with E-state index in [2.05, 4.69) is 30.7 Å². The molecule has 0 spiro atoms. The van der Waals surface area contributed by atoms with E-state index in [1.807, 2.05) is 29.8 Å². The maximum atomic E-state index is 4.36. The molecule has 2 rings (SSSR count). The zero-order valence-corrected chi connectivity index (χ0v) is 9.07. The number of rotatable bonds is 0. The van der Waals surface area contributed by atoms with E-state index in [4.69, 9.17) is 0 Å². The molecule has 0 saturated carbocycles. The molecule has 0 radical (unpaired) electrons. The maximum Gasteiger partial charge on any atom is 0.234 e. The first kappa shape index (κ1) is 9.19. The van der Waals surface area contributed by atoms with Gasteiger partial charge in [0.2, 0.25) is 5.78 Å². The first-order chi connectivity index (χ1) is 6.48. The smallest absolute Gasteiger partial charge is 0.234 e. The second-order valence-corrected chi connectivity index (χ2v) is 4.63. The fourth-order valence-electron chi connectivity index (χ4n) is 1.51. The third-order valence-corrected chi connectivity index (χ3v) is 2.29. The summed E-state index contributed by atoms with van der Waals surface area (Å²) in [6, 6.07) is 2.00. The molecule has 0 aliphatic carbocycles. The van der Waals surface area contributed by atoms with Gasteiger partial charge < -0.3 is 0 Å². The molecule has 2 aromatic heterocycles. The van der Waals surface area contributed by atoms with Crippen LogP contribution in [0.25, 0.3) is 5.78 Å². The van der Waals surface area contributed by atoms with Crippen molar-refractivity contribution >= 4 is 5.78 Å². The Hall–Kier alpha value is -1.38. The highest BCUT2D eigenvalue weighted by atomic mass is 15.1. The van der Waals surface area contributed by atoms with Gasteiger partial charge in [-0.05, 0) is 13.0 Å². The van der Waals surface area contributed by atoms with Gasteiger partial charge in [0.15, 0.2) is 0 Å². The van der Waals surface area contributed by atoms with Gasteiger partial charge in [0.1, 0.15) is 0 Å². The molecule has 2 aromatic rings. The van der Waals surface area contributed by atoms with Crippen molar-refractivity contribution < 1.29 is 0 Å². The molecule has 0 bridgehead atoms. The van der Waals surface area contributed by atoms with Crippen LogP contribution in [0.4, 0.5) is 0 Å². The normalized spacial score (nSPS) is 12.3. The summed E-state index contributed by atoms with van der Waals surface area (Å²) in [4.78, 5) is 8.66. The summed E-state index contributed by atoms with van der Waals surface area (Å²) in [7, 11) is 0. The van der Waals surface area contributed by atoms with Gasteiger partial charge in [0.05, 0.1) is 6.20 Å². The molecule has 74 valence electrons. The Labute approximate surface area is 83.8 Å². The lowest BCUT2D eigenvalue weighted by molar-refractivity contribution is 0.563. The van der Waals surface area contributed by atoms with Crippen LogP contribution < -0.4 is 0 Å². The van der Waals surface area contributed by atoms with E-state index in [9.17, 15) is 0 Å². The van der Waals surface area contributed by atoms with Crippen LogP contribution in [-0.4, -0.2) is 14.4 Å². The highest BCUT2D eigenvalue weighted by molar-refractivity contribution is 5.34. The highest BCUT2D eigenvalue weighted by Crippen LogP contribution is 2.22. The fourth-order valence-corrected chi connectivity index (χ4v) is 1.51. The second-order valence-electron chi connectivity index (χ2n) is 4.63. The largest absolute Gasteiger partial charge is 0.288 e. The lowest BCUT2D eigenvalue weighted by atomic mass is 9.93. The molecule has 0 atom stereocenters. The third-order valence-electron chi connectivity index (χ3n) is 2.29. The monoisotopic (exact) mass is 189 g/mol. The molecule has 0 aliphatic heterocycles. The van der Waals surface area contributed by atoms with E-state index in [1.165, 1.54) is 5.69 Å². The van der Waals surface area contributed by atoms with Crippen LogP contribution in [0.3, 0.4) is 0 Å². The molecule has 2 heterocycles. The lowest BCUT2D eigenvalue weighted by Gasteiger charge is -2.17. The SMILES string of the molecule is Cc1ccn2c(C(C)(C)C)cnc2n1. The minimum absolute atomic E-state index is 0.107. The summed E-state index contributed by atoms with van der Waals surface area (Å²) in [6.07, 6.45) is 3.94. The number of aryl methyl sites for hydroxylation is 1. The lowest BCUT2D eigenvalue weighted by Crippen LogP contribution is -2.14. The maximum absolute atomic E-state index is 4.36. The predicted molar refractivity (Wildman–Crippen MR) is 56.4 cm³/mol. The quantitative estimate of drug-likeness (QED) is 0.636. The van der Waals surface area contributed by atoms with Gasteiger partial charge in [0, 0.05) is 23.0 Å². The molecule has 0 aromatic carbocycles. The average Bonchev–Trinajstić information content (AvgIpc) is 2.45. The molecule has 0 fully saturated rings. The van der Waals surface area contributed by atoms with Crippen LogP contribution in [0.1, 0.15) is 32.2 Å². The standard InChI is InChI=1S/C11H15N3/c1-8-5-6-14-9(11(2,3)4)7-12-10(14)13-8/h5-7H,1-4H3. The molecule has 0 aliphatic rings. The van der Waals surface area contributed by atoms with Crippen molar-refractivity contribution in [3.63, 3.8) is 0 Å². The minimum atomic E-state index is 0.107.